The van der Waals surface area contributed by atoms with Crippen LogP contribution in [0.25, 0.3) is 0 Å². The van der Waals surface area contributed by atoms with Gasteiger partial charge in [0, 0.05) is 12.1 Å². The minimum absolute atomic E-state index is 0.184. The number of benzene rings is 1. The highest BCUT2D eigenvalue weighted by molar-refractivity contribution is 6.27. The molecule has 0 aliphatic carbocycles. The Hall–Kier alpha value is -2.48. The van der Waals surface area contributed by atoms with Crippen LogP contribution in [0.5, 0.6) is 0 Å². The molecule has 1 amide bonds. The van der Waals surface area contributed by atoms with Gasteiger partial charge in [-0.05, 0) is 51.0 Å². The second kappa shape index (κ2) is 9.45. The lowest BCUT2D eigenvalue weighted by Crippen LogP contribution is -2.30. The standard InChI is InChI=1S/C18H26ClN7O/c1-18(2,3)26-24-16(23-25-26)14(10-7-11-21-15(20)12-19)22-17(27)13-8-5-4-6-9-13/h4-6,8-9,14H,7,10-12H2,1-3H3,(H2,20,21)(H,22,27)/t14-/m0/s1. The zero-order valence-electron chi connectivity index (χ0n) is 15.9. The Morgan fingerprint density at radius 2 is 2.04 bits per heavy atom. The van der Waals surface area contributed by atoms with Crippen LogP contribution in [0.15, 0.2) is 35.3 Å². The van der Waals surface area contributed by atoms with E-state index in [2.05, 4.69) is 25.7 Å². The molecule has 0 saturated heterocycles. The molecule has 1 aromatic heterocycles. The topological polar surface area (TPSA) is 111 Å². The zero-order chi connectivity index (χ0) is 19.9. The van der Waals surface area contributed by atoms with E-state index in [4.69, 9.17) is 17.3 Å². The molecule has 0 bridgehead atoms. The second-order valence-electron chi connectivity index (χ2n) is 7.15. The Kier molecular flexibility index (Phi) is 7.29. The first kappa shape index (κ1) is 20.8. The minimum Gasteiger partial charge on any atom is -0.386 e. The van der Waals surface area contributed by atoms with Crippen LogP contribution < -0.4 is 11.1 Å². The van der Waals surface area contributed by atoms with E-state index < -0.39 is 0 Å². The number of aromatic nitrogens is 4. The van der Waals surface area contributed by atoms with Crippen molar-refractivity contribution >= 4 is 23.3 Å². The van der Waals surface area contributed by atoms with Crippen molar-refractivity contribution in [2.24, 2.45) is 10.7 Å². The van der Waals surface area contributed by atoms with E-state index in [0.29, 0.717) is 36.6 Å². The molecule has 2 rings (SSSR count). The number of rotatable bonds is 8. The van der Waals surface area contributed by atoms with Crippen LogP contribution in [0.1, 0.15) is 55.8 Å². The lowest BCUT2D eigenvalue weighted by molar-refractivity contribution is 0.0932. The third-order valence-electron chi connectivity index (χ3n) is 3.78. The molecule has 0 aliphatic heterocycles. The Balaban J connectivity index is 2.12. The number of alkyl halides is 1. The third kappa shape index (κ3) is 6.32. The molecule has 0 unspecified atom stereocenters. The number of amides is 1. The van der Waals surface area contributed by atoms with Crippen molar-refractivity contribution in [3.63, 3.8) is 0 Å². The number of hydrogen-bond acceptors (Lipinski definition) is 5. The molecule has 1 heterocycles. The molecular formula is C18H26ClN7O. The maximum Gasteiger partial charge on any atom is 0.251 e. The van der Waals surface area contributed by atoms with Gasteiger partial charge in [-0.3, -0.25) is 9.79 Å². The zero-order valence-corrected chi connectivity index (χ0v) is 16.6. The molecule has 0 saturated carbocycles. The molecule has 1 aromatic carbocycles. The maximum atomic E-state index is 12.6. The van der Waals surface area contributed by atoms with Crippen molar-refractivity contribution in [3.8, 4) is 0 Å². The van der Waals surface area contributed by atoms with Gasteiger partial charge < -0.3 is 11.1 Å². The van der Waals surface area contributed by atoms with Gasteiger partial charge in [0.2, 0.25) is 0 Å². The van der Waals surface area contributed by atoms with Gasteiger partial charge in [-0.2, -0.15) is 4.80 Å². The lowest BCUT2D eigenvalue weighted by Gasteiger charge is -2.17. The van der Waals surface area contributed by atoms with Gasteiger partial charge in [-0.1, -0.05) is 18.2 Å². The number of carbonyl (C=O) groups excluding carboxylic acids is 1. The van der Waals surface area contributed by atoms with Gasteiger partial charge in [0.25, 0.3) is 5.91 Å². The van der Waals surface area contributed by atoms with Crippen molar-refractivity contribution in [3.05, 3.63) is 41.7 Å². The van der Waals surface area contributed by atoms with Crippen LogP contribution in [0.4, 0.5) is 0 Å². The average Bonchev–Trinajstić information content (AvgIpc) is 3.15. The number of amidine groups is 1. The van der Waals surface area contributed by atoms with E-state index in [9.17, 15) is 4.79 Å². The fraction of sp³-hybridized carbons (Fsp3) is 0.500. The Labute approximate surface area is 164 Å². The van der Waals surface area contributed by atoms with Crippen LogP contribution in [-0.4, -0.2) is 44.4 Å². The number of hydrogen-bond donors (Lipinski definition) is 2. The quantitative estimate of drug-likeness (QED) is 0.310. The van der Waals surface area contributed by atoms with Gasteiger partial charge in [-0.25, -0.2) is 0 Å². The number of nitrogens with zero attached hydrogens (tertiary/aromatic N) is 5. The first-order chi connectivity index (χ1) is 12.8. The summed E-state index contributed by atoms with van der Waals surface area (Å²) in [4.78, 5) is 18.3. The van der Waals surface area contributed by atoms with E-state index in [1.165, 1.54) is 0 Å². The van der Waals surface area contributed by atoms with Crippen LogP contribution >= 0.6 is 11.6 Å². The molecule has 0 radical (unpaired) electrons. The van der Waals surface area contributed by atoms with Crippen molar-refractivity contribution in [1.29, 1.82) is 0 Å². The SMILES string of the molecule is CC(C)(C)n1nnc([C@H](CCCN=C(N)CCl)NC(=O)c2ccccc2)n1. The molecule has 0 spiro atoms. The van der Waals surface area contributed by atoms with E-state index in [1.807, 2.05) is 39.0 Å². The molecule has 27 heavy (non-hydrogen) atoms. The highest BCUT2D eigenvalue weighted by Gasteiger charge is 2.23. The second-order valence-corrected chi connectivity index (χ2v) is 7.42. The number of nitrogens with two attached hydrogens (primary N) is 1. The summed E-state index contributed by atoms with van der Waals surface area (Å²) in [6.07, 6.45) is 1.30. The third-order valence-corrected chi connectivity index (χ3v) is 4.06. The van der Waals surface area contributed by atoms with Crippen LogP contribution in [0, 0.1) is 0 Å². The fourth-order valence-electron chi connectivity index (χ4n) is 2.31. The molecule has 9 heteroatoms. The first-order valence-corrected chi connectivity index (χ1v) is 9.36. The van der Waals surface area contributed by atoms with Crippen LogP contribution in [0.3, 0.4) is 0 Å². The largest absolute Gasteiger partial charge is 0.386 e. The summed E-state index contributed by atoms with van der Waals surface area (Å²) in [6.45, 7) is 6.47. The molecule has 0 fully saturated rings. The normalized spacial score (nSPS) is 13.4. The number of halogens is 1. The fourth-order valence-corrected chi connectivity index (χ4v) is 2.39. The van der Waals surface area contributed by atoms with Gasteiger partial charge in [0.15, 0.2) is 5.82 Å². The smallest absolute Gasteiger partial charge is 0.251 e. The van der Waals surface area contributed by atoms with Gasteiger partial charge in [-0.15, -0.1) is 21.8 Å². The number of nitrogens with one attached hydrogen (secondary N) is 1. The van der Waals surface area contributed by atoms with Crippen molar-refractivity contribution < 1.29 is 4.79 Å². The Morgan fingerprint density at radius 1 is 1.33 bits per heavy atom. The van der Waals surface area contributed by atoms with Crippen molar-refractivity contribution in [2.75, 3.05) is 12.4 Å². The summed E-state index contributed by atoms with van der Waals surface area (Å²) in [6, 6.07) is 8.66. The van der Waals surface area contributed by atoms with Gasteiger partial charge in [0.1, 0.15) is 5.84 Å². The summed E-state index contributed by atoms with van der Waals surface area (Å²) < 4.78 is 0. The Morgan fingerprint density at radius 3 is 2.63 bits per heavy atom. The summed E-state index contributed by atoms with van der Waals surface area (Å²) in [5.41, 5.74) is 5.90. The summed E-state index contributed by atoms with van der Waals surface area (Å²) in [7, 11) is 0. The van der Waals surface area contributed by atoms with E-state index in [-0.39, 0.29) is 23.4 Å². The number of aliphatic imine (C=N–C) groups is 1. The summed E-state index contributed by atoms with van der Waals surface area (Å²) in [5, 5.41) is 15.7. The van der Waals surface area contributed by atoms with Crippen molar-refractivity contribution in [1.82, 2.24) is 25.5 Å². The molecule has 3 N–H and O–H groups in total. The molecule has 1 atom stereocenters. The number of tetrazole rings is 1. The highest BCUT2D eigenvalue weighted by Crippen LogP contribution is 2.17. The highest BCUT2D eigenvalue weighted by atomic mass is 35.5. The van der Waals surface area contributed by atoms with Crippen LogP contribution in [0.2, 0.25) is 0 Å². The predicted molar refractivity (Wildman–Crippen MR) is 106 cm³/mol. The minimum atomic E-state index is -0.374. The number of carbonyl (C=O) groups is 1. The molecule has 146 valence electrons. The van der Waals surface area contributed by atoms with E-state index >= 15 is 0 Å². The van der Waals surface area contributed by atoms with Gasteiger partial charge >= 0.3 is 0 Å². The first-order valence-electron chi connectivity index (χ1n) is 8.82. The lowest BCUT2D eigenvalue weighted by atomic mass is 10.1. The maximum absolute atomic E-state index is 12.6. The van der Waals surface area contributed by atoms with Gasteiger partial charge in [0.05, 0.1) is 17.5 Å². The average molecular weight is 392 g/mol. The monoisotopic (exact) mass is 391 g/mol. The van der Waals surface area contributed by atoms with Crippen molar-refractivity contribution in [2.45, 2.75) is 45.2 Å². The molecule has 0 aliphatic rings. The molecule has 2 aromatic rings. The summed E-state index contributed by atoms with van der Waals surface area (Å²) >= 11 is 5.63. The van der Waals surface area contributed by atoms with E-state index in [1.54, 1.807) is 16.9 Å². The van der Waals surface area contributed by atoms with Crippen LogP contribution in [-0.2, 0) is 5.54 Å². The summed E-state index contributed by atoms with van der Waals surface area (Å²) in [5.74, 6) is 0.897. The predicted octanol–water partition coefficient (Wildman–Crippen LogP) is 2.28. The van der Waals surface area contributed by atoms with E-state index in [0.717, 1.165) is 0 Å². The molecular weight excluding hydrogens is 366 g/mol. The Bertz CT molecular complexity index is 768. The molecule has 8 nitrogen and oxygen atoms in total.